The van der Waals surface area contributed by atoms with Crippen molar-refractivity contribution in [1.29, 1.82) is 0 Å². The molecule has 2 aromatic rings. The third kappa shape index (κ3) is 3.68. The van der Waals surface area contributed by atoms with Gasteiger partial charge in [-0.05, 0) is 36.5 Å². The molecular weight excluding hydrogens is 322 g/mol. The highest BCUT2D eigenvalue weighted by atomic mass is 32.2. The fourth-order valence-corrected chi connectivity index (χ4v) is 4.40. The number of nitrogens with one attached hydrogen (secondary N) is 1. The van der Waals surface area contributed by atoms with Crippen LogP contribution in [0.3, 0.4) is 0 Å². The summed E-state index contributed by atoms with van der Waals surface area (Å²) in [7, 11) is -3.56. The van der Waals surface area contributed by atoms with Crippen LogP contribution in [0.15, 0.2) is 39.8 Å². The van der Waals surface area contributed by atoms with Crippen LogP contribution in [0.1, 0.15) is 30.5 Å². The monoisotopic (exact) mass is 339 g/mol. The second kappa shape index (κ2) is 6.80. The minimum absolute atomic E-state index is 0.00565. The van der Waals surface area contributed by atoms with Crippen LogP contribution >= 0.6 is 11.8 Å². The molecule has 1 aromatic carbocycles. The van der Waals surface area contributed by atoms with Gasteiger partial charge in [-0.2, -0.15) is 16.7 Å². The van der Waals surface area contributed by atoms with Crippen molar-refractivity contribution in [2.75, 3.05) is 11.5 Å². The van der Waals surface area contributed by atoms with Gasteiger partial charge in [-0.15, -0.1) is 0 Å². The van der Waals surface area contributed by atoms with Gasteiger partial charge in [0.2, 0.25) is 15.9 Å². The van der Waals surface area contributed by atoms with Gasteiger partial charge in [0.15, 0.2) is 5.82 Å². The molecule has 0 bridgehead atoms. The highest BCUT2D eigenvalue weighted by molar-refractivity contribution is 7.99. The highest BCUT2D eigenvalue weighted by Gasteiger charge is 2.22. The normalized spacial score (nSPS) is 16.7. The summed E-state index contributed by atoms with van der Waals surface area (Å²) in [6, 6.07) is 8.22. The molecule has 1 saturated heterocycles. The molecule has 0 amide bonds. The van der Waals surface area contributed by atoms with Crippen molar-refractivity contribution in [3.63, 3.8) is 0 Å². The van der Waals surface area contributed by atoms with Crippen LogP contribution in [0.2, 0.25) is 0 Å². The van der Waals surface area contributed by atoms with Gasteiger partial charge in [0, 0.05) is 5.92 Å². The third-order valence-electron chi connectivity index (χ3n) is 3.54. The Hall–Kier alpha value is -1.38. The summed E-state index contributed by atoms with van der Waals surface area (Å²) >= 11 is 1.93. The Bertz CT molecular complexity index is 710. The van der Waals surface area contributed by atoms with E-state index in [0.29, 0.717) is 17.6 Å². The average Bonchev–Trinajstić information content (AvgIpc) is 3.04. The van der Waals surface area contributed by atoms with Gasteiger partial charge >= 0.3 is 0 Å². The van der Waals surface area contributed by atoms with E-state index in [1.54, 1.807) is 30.3 Å². The van der Waals surface area contributed by atoms with Crippen molar-refractivity contribution in [3.05, 3.63) is 42.0 Å². The van der Waals surface area contributed by atoms with E-state index in [1.807, 2.05) is 11.8 Å². The van der Waals surface area contributed by atoms with Crippen molar-refractivity contribution in [2.45, 2.75) is 30.2 Å². The summed E-state index contributed by atoms with van der Waals surface area (Å²) in [6.07, 6.45) is 2.08. The Labute approximate surface area is 133 Å². The molecule has 1 aliphatic rings. The average molecular weight is 339 g/mol. The van der Waals surface area contributed by atoms with E-state index in [-0.39, 0.29) is 11.4 Å². The maximum absolute atomic E-state index is 12.1. The largest absolute Gasteiger partial charge is 0.338 e. The van der Waals surface area contributed by atoms with Gasteiger partial charge in [-0.25, -0.2) is 13.1 Å². The van der Waals surface area contributed by atoms with Gasteiger partial charge in [0.25, 0.3) is 0 Å². The SMILES string of the molecule is O=S(=O)(NCc1nc(C2CCSCC2)no1)c1ccccc1. The molecular formula is C14H17N3O3S2. The summed E-state index contributed by atoms with van der Waals surface area (Å²) in [4.78, 5) is 4.54. The van der Waals surface area contributed by atoms with E-state index in [0.717, 1.165) is 24.3 Å². The molecule has 1 aliphatic heterocycles. The molecule has 6 nitrogen and oxygen atoms in total. The quantitative estimate of drug-likeness (QED) is 0.898. The van der Waals surface area contributed by atoms with Gasteiger partial charge in [0.05, 0.1) is 11.4 Å². The first-order valence-electron chi connectivity index (χ1n) is 7.10. The van der Waals surface area contributed by atoms with Crippen LogP contribution in [0.4, 0.5) is 0 Å². The van der Waals surface area contributed by atoms with Crippen molar-refractivity contribution in [2.24, 2.45) is 0 Å². The Morgan fingerprint density at radius 2 is 1.95 bits per heavy atom. The van der Waals surface area contributed by atoms with Gasteiger partial charge < -0.3 is 4.52 Å². The van der Waals surface area contributed by atoms with Crippen LogP contribution in [-0.2, 0) is 16.6 Å². The first-order valence-corrected chi connectivity index (χ1v) is 9.74. The first-order chi connectivity index (χ1) is 10.6. The lowest BCUT2D eigenvalue weighted by Crippen LogP contribution is -2.23. The van der Waals surface area contributed by atoms with E-state index in [2.05, 4.69) is 14.9 Å². The van der Waals surface area contributed by atoms with E-state index in [1.165, 1.54) is 0 Å². The van der Waals surface area contributed by atoms with Crippen molar-refractivity contribution >= 4 is 21.8 Å². The number of benzene rings is 1. The maximum Gasteiger partial charge on any atom is 0.241 e. The van der Waals surface area contributed by atoms with E-state index < -0.39 is 10.0 Å². The maximum atomic E-state index is 12.1. The third-order valence-corrected chi connectivity index (χ3v) is 6.00. The summed E-state index contributed by atoms with van der Waals surface area (Å²) in [5, 5.41) is 3.98. The lowest BCUT2D eigenvalue weighted by molar-refractivity contribution is 0.365. The molecule has 22 heavy (non-hydrogen) atoms. The molecule has 0 unspecified atom stereocenters. The molecule has 0 saturated carbocycles. The molecule has 8 heteroatoms. The smallest absolute Gasteiger partial charge is 0.241 e. The Morgan fingerprint density at radius 3 is 2.68 bits per heavy atom. The van der Waals surface area contributed by atoms with Crippen LogP contribution in [-0.4, -0.2) is 30.1 Å². The molecule has 1 fully saturated rings. The molecule has 3 rings (SSSR count). The highest BCUT2D eigenvalue weighted by Crippen LogP contribution is 2.29. The predicted octanol–water partition coefficient (Wildman–Crippen LogP) is 2.16. The minimum Gasteiger partial charge on any atom is -0.338 e. The minimum atomic E-state index is -3.56. The number of sulfonamides is 1. The zero-order valence-corrected chi connectivity index (χ0v) is 13.6. The summed E-state index contributed by atoms with van der Waals surface area (Å²) in [6.45, 7) is 0.00565. The van der Waals surface area contributed by atoms with Gasteiger partial charge in [-0.1, -0.05) is 23.4 Å². The summed E-state index contributed by atoms with van der Waals surface area (Å²) < 4.78 is 31.9. The Balaban J connectivity index is 1.63. The first kappa shape index (κ1) is 15.5. The second-order valence-corrected chi connectivity index (χ2v) is 8.06. The molecule has 1 aromatic heterocycles. The zero-order chi connectivity index (χ0) is 15.4. The lowest BCUT2D eigenvalue weighted by Gasteiger charge is -2.17. The second-order valence-electron chi connectivity index (χ2n) is 5.07. The van der Waals surface area contributed by atoms with Crippen molar-refractivity contribution in [3.8, 4) is 0 Å². The van der Waals surface area contributed by atoms with Gasteiger partial charge in [-0.3, -0.25) is 0 Å². The number of hydrogen-bond acceptors (Lipinski definition) is 6. The summed E-state index contributed by atoms with van der Waals surface area (Å²) in [5.74, 6) is 3.52. The molecule has 1 N–H and O–H groups in total. The number of aromatic nitrogens is 2. The van der Waals surface area contributed by atoms with Crippen molar-refractivity contribution < 1.29 is 12.9 Å². The number of thioether (sulfide) groups is 1. The van der Waals surface area contributed by atoms with Crippen LogP contribution in [0.5, 0.6) is 0 Å². The Morgan fingerprint density at radius 1 is 1.23 bits per heavy atom. The molecule has 2 heterocycles. The number of rotatable bonds is 5. The summed E-state index contributed by atoms with van der Waals surface area (Å²) in [5.41, 5.74) is 0. The zero-order valence-electron chi connectivity index (χ0n) is 11.9. The number of hydrogen-bond donors (Lipinski definition) is 1. The van der Waals surface area contributed by atoms with E-state index in [4.69, 9.17) is 4.52 Å². The van der Waals surface area contributed by atoms with E-state index >= 15 is 0 Å². The molecule has 0 atom stereocenters. The molecule has 0 radical (unpaired) electrons. The Kier molecular flexibility index (Phi) is 4.80. The van der Waals surface area contributed by atoms with Gasteiger partial charge in [0.1, 0.15) is 0 Å². The molecule has 0 spiro atoms. The lowest BCUT2D eigenvalue weighted by atomic mass is 10.0. The van der Waals surface area contributed by atoms with Crippen molar-refractivity contribution in [1.82, 2.24) is 14.9 Å². The fraction of sp³-hybridized carbons (Fsp3) is 0.429. The standard InChI is InChI=1S/C14H17N3O3S2/c18-22(19,12-4-2-1-3-5-12)15-10-13-16-14(17-20-13)11-6-8-21-9-7-11/h1-5,11,15H,6-10H2. The molecule has 0 aliphatic carbocycles. The van der Waals surface area contributed by atoms with E-state index in [9.17, 15) is 8.42 Å². The van der Waals surface area contributed by atoms with Crippen LogP contribution in [0, 0.1) is 0 Å². The number of nitrogens with zero attached hydrogens (tertiary/aromatic N) is 2. The van der Waals surface area contributed by atoms with Crippen LogP contribution < -0.4 is 4.72 Å². The topological polar surface area (TPSA) is 85.1 Å². The predicted molar refractivity (Wildman–Crippen MR) is 84.1 cm³/mol. The van der Waals surface area contributed by atoms with Crippen LogP contribution in [0.25, 0.3) is 0 Å². The fourth-order valence-electron chi connectivity index (χ4n) is 2.30. The molecule has 118 valence electrons.